The second kappa shape index (κ2) is 6.20. The van der Waals surface area contributed by atoms with Gasteiger partial charge in [-0.15, -0.1) is 10.2 Å². The Hall–Kier alpha value is -1.65. The maximum absolute atomic E-state index is 12.1. The van der Waals surface area contributed by atoms with Crippen LogP contribution in [0.1, 0.15) is 55.4 Å². The summed E-state index contributed by atoms with van der Waals surface area (Å²) < 4.78 is 0. The van der Waals surface area contributed by atoms with Crippen LogP contribution in [0.3, 0.4) is 0 Å². The molecule has 1 aliphatic heterocycles. The number of rotatable bonds is 3. The van der Waals surface area contributed by atoms with Crippen molar-refractivity contribution in [2.45, 2.75) is 51.0 Å². The van der Waals surface area contributed by atoms with Crippen molar-refractivity contribution >= 4 is 11.7 Å². The molecule has 1 aromatic heterocycles. The van der Waals surface area contributed by atoms with Crippen molar-refractivity contribution in [2.75, 3.05) is 18.0 Å². The summed E-state index contributed by atoms with van der Waals surface area (Å²) >= 11 is 0. The molecule has 1 aromatic rings. The van der Waals surface area contributed by atoms with E-state index in [1.165, 1.54) is 32.1 Å². The quantitative estimate of drug-likeness (QED) is 0.917. The minimum Gasteiger partial charge on any atom is -0.355 e. The maximum atomic E-state index is 12.1. The molecule has 1 saturated carbocycles. The topological polar surface area (TPSA) is 58.1 Å². The summed E-state index contributed by atoms with van der Waals surface area (Å²) in [6, 6.07) is 4.02. The molecule has 2 heterocycles. The van der Waals surface area contributed by atoms with Gasteiger partial charge in [0.15, 0.2) is 11.5 Å². The van der Waals surface area contributed by atoms with Crippen LogP contribution in [0.2, 0.25) is 0 Å². The third-order valence-corrected chi connectivity index (χ3v) is 4.25. The Morgan fingerprint density at radius 2 is 1.80 bits per heavy atom. The average Bonchev–Trinajstić information content (AvgIpc) is 3.03. The summed E-state index contributed by atoms with van der Waals surface area (Å²) in [5.41, 5.74) is 0.429. The van der Waals surface area contributed by atoms with Crippen molar-refractivity contribution in [3.63, 3.8) is 0 Å². The highest BCUT2D eigenvalue weighted by Crippen LogP contribution is 2.18. The van der Waals surface area contributed by atoms with Crippen LogP contribution in [0.15, 0.2) is 12.1 Å². The van der Waals surface area contributed by atoms with E-state index in [9.17, 15) is 4.79 Å². The first kappa shape index (κ1) is 13.3. The number of hydrogen-bond donors (Lipinski definition) is 1. The zero-order chi connectivity index (χ0) is 13.8. The van der Waals surface area contributed by atoms with E-state index in [0.29, 0.717) is 11.7 Å². The van der Waals surface area contributed by atoms with Gasteiger partial charge in [-0.05, 0) is 37.8 Å². The first-order chi connectivity index (χ1) is 9.83. The molecule has 3 rings (SSSR count). The number of anilines is 1. The molecular weight excluding hydrogens is 252 g/mol. The second-order valence-electron chi connectivity index (χ2n) is 5.78. The largest absolute Gasteiger partial charge is 0.355 e. The van der Waals surface area contributed by atoms with E-state index in [0.717, 1.165) is 31.7 Å². The highest BCUT2D eigenvalue weighted by atomic mass is 16.2. The smallest absolute Gasteiger partial charge is 0.272 e. The normalized spacial score (nSPS) is 20.1. The maximum Gasteiger partial charge on any atom is 0.272 e. The Morgan fingerprint density at radius 1 is 1.05 bits per heavy atom. The number of carbonyl (C=O) groups excluding carboxylic acids is 1. The fraction of sp³-hybridized carbons (Fsp3) is 0.667. The van der Waals surface area contributed by atoms with Gasteiger partial charge < -0.3 is 10.2 Å². The summed E-state index contributed by atoms with van der Waals surface area (Å²) in [5, 5.41) is 11.3. The Balaban J connectivity index is 1.59. The molecule has 5 heteroatoms. The van der Waals surface area contributed by atoms with Gasteiger partial charge in [0, 0.05) is 19.1 Å². The molecule has 0 bridgehead atoms. The zero-order valence-corrected chi connectivity index (χ0v) is 11.8. The molecule has 0 atom stereocenters. The lowest BCUT2D eigenvalue weighted by Gasteiger charge is -2.22. The van der Waals surface area contributed by atoms with Crippen LogP contribution in [0.5, 0.6) is 0 Å². The molecule has 1 N–H and O–H groups in total. The molecule has 0 unspecified atom stereocenters. The van der Waals surface area contributed by atoms with Crippen LogP contribution in [0, 0.1) is 0 Å². The van der Waals surface area contributed by atoms with Crippen LogP contribution < -0.4 is 10.2 Å². The lowest BCUT2D eigenvalue weighted by atomic mass is 9.95. The number of aromatic nitrogens is 2. The summed E-state index contributed by atoms with van der Waals surface area (Å²) in [7, 11) is 0. The van der Waals surface area contributed by atoms with Gasteiger partial charge in [0.05, 0.1) is 0 Å². The molecule has 108 valence electrons. The van der Waals surface area contributed by atoms with Crippen LogP contribution in [-0.2, 0) is 0 Å². The van der Waals surface area contributed by atoms with Crippen molar-refractivity contribution in [1.29, 1.82) is 0 Å². The number of hydrogen-bond acceptors (Lipinski definition) is 4. The predicted molar refractivity (Wildman–Crippen MR) is 77.8 cm³/mol. The molecular formula is C15H22N4O. The third kappa shape index (κ3) is 3.08. The molecule has 0 aromatic carbocycles. The molecule has 1 aliphatic carbocycles. The van der Waals surface area contributed by atoms with Gasteiger partial charge in [-0.2, -0.15) is 0 Å². The minimum absolute atomic E-state index is 0.0858. The van der Waals surface area contributed by atoms with E-state index in [-0.39, 0.29) is 5.91 Å². The molecule has 2 fully saturated rings. The second-order valence-corrected chi connectivity index (χ2v) is 5.78. The first-order valence-electron chi connectivity index (χ1n) is 7.72. The molecule has 5 nitrogen and oxygen atoms in total. The lowest BCUT2D eigenvalue weighted by molar-refractivity contribution is 0.0921. The van der Waals surface area contributed by atoms with E-state index >= 15 is 0 Å². The van der Waals surface area contributed by atoms with Crippen LogP contribution in [0.25, 0.3) is 0 Å². The van der Waals surface area contributed by atoms with Gasteiger partial charge in [-0.1, -0.05) is 19.3 Å². The predicted octanol–water partition coefficient (Wildman–Crippen LogP) is 2.14. The highest BCUT2D eigenvalue weighted by molar-refractivity contribution is 5.92. The van der Waals surface area contributed by atoms with E-state index in [1.54, 1.807) is 6.07 Å². The number of carbonyl (C=O) groups is 1. The fourth-order valence-corrected chi connectivity index (χ4v) is 3.07. The zero-order valence-electron chi connectivity index (χ0n) is 11.8. The molecule has 1 amide bonds. The van der Waals surface area contributed by atoms with Crippen molar-refractivity contribution in [3.05, 3.63) is 17.8 Å². The summed E-state index contributed by atoms with van der Waals surface area (Å²) in [6.45, 7) is 2.09. The van der Waals surface area contributed by atoms with Crippen LogP contribution in [-0.4, -0.2) is 35.2 Å². The minimum atomic E-state index is -0.0858. The van der Waals surface area contributed by atoms with Crippen LogP contribution >= 0.6 is 0 Å². The monoisotopic (exact) mass is 274 g/mol. The summed E-state index contributed by atoms with van der Waals surface area (Å²) in [6.07, 6.45) is 8.32. The molecule has 20 heavy (non-hydrogen) atoms. The SMILES string of the molecule is O=C(NC1CCCCC1)c1ccc(N2CCCC2)nn1. The average molecular weight is 274 g/mol. The Morgan fingerprint density at radius 3 is 2.45 bits per heavy atom. The fourth-order valence-electron chi connectivity index (χ4n) is 3.07. The van der Waals surface area contributed by atoms with Gasteiger partial charge in [-0.3, -0.25) is 4.79 Å². The van der Waals surface area contributed by atoms with Crippen molar-refractivity contribution in [2.24, 2.45) is 0 Å². The summed E-state index contributed by atoms with van der Waals surface area (Å²) in [4.78, 5) is 14.3. The lowest BCUT2D eigenvalue weighted by Crippen LogP contribution is -2.36. The highest BCUT2D eigenvalue weighted by Gasteiger charge is 2.19. The molecule has 2 aliphatic rings. The van der Waals surface area contributed by atoms with Crippen LogP contribution in [0.4, 0.5) is 5.82 Å². The summed E-state index contributed by atoms with van der Waals surface area (Å²) in [5.74, 6) is 0.800. The van der Waals surface area contributed by atoms with E-state index in [1.807, 2.05) is 6.07 Å². The van der Waals surface area contributed by atoms with Crippen molar-refractivity contribution < 1.29 is 4.79 Å². The Labute approximate surface area is 119 Å². The van der Waals surface area contributed by atoms with E-state index < -0.39 is 0 Å². The number of nitrogens with zero attached hydrogens (tertiary/aromatic N) is 3. The third-order valence-electron chi connectivity index (χ3n) is 4.25. The van der Waals surface area contributed by atoms with E-state index in [2.05, 4.69) is 20.4 Å². The number of nitrogens with one attached hydrogen (secondary N) is 1. The van der Waals surface area contributed by atoms with Gasteiger partial charge in [-0.25, -0.2) is 0 Å². The Bertz CT molecular complexity index is 447. The first-order valence-corrected chi connectivity index (χ1v) is 7.72. The number of amides is 1. The Kier molecular flexibility index (Phi) is 4.14. The van der Waals surface area contributed by atoms with Crippen molar-refractivity contribution in [3.8, 4) is 0 Å². The van der Waals surface area contributed by atoms with Gasteiger partial charge in [0.2, 0.25) is 0 Å². The molecule has 0 spiro atoms. The van der Waals surface area contributed by atoms with Gasteiger partial charge in [0.25, 0.3) is 5.91 Å². The van der Waals surface area contributed by atoms with E-state index in [4.69, 9.17) is 0 Å². The molecule has 1 saturated heterocycles. The van der Waals surface area contributed by atoms with Gasteiger partial charge in [0.1, 0.15) is 0 Å². The van der Waals surface area contributed by atoms with Crippen molar-refractivity contribution in [1.82, 2.24) is 15.5 Å². The van der Waals surface area contributed by atoms with Gasteiger partial charge >= 0.3 is 0 Å². The molecule has 0 radical (unpaired) electrons. The standard InChI is InChI=1S/C15H22N4O/c20-15(16-12-6-2-1-3-7-12)13-8-9-14(18-17-13)19-10-4-5-11-19/h8-9,12H,1-7,10-11H2,(H,16,20).